The van der Waals surface area contributed by atoms with Crippen LogP contribution < -0.4 is 10.3 Å². The second-order valence-electron chi connectivity index (χ2n) is 5.61. The second-order valence-corrected chi connectivity index (χ2v) is 5.61. The van der Waals surface area contributed by atoms with Gasteiger partial charge >= 0.3 is 6.18 Å². The molecule has 0 amide bonds. The fraction of sp³-hybridized carbons (Fsp3) is 0.167. The van der Waals surface area contributed by atoms with Gasteiger partial charge in [-0.15, -0.1) is 0 Å². The molecule has 0 fully saturated rings. The summed E-state index contributed by atoms with van der Waals surface area (Å²) in [5, 5.41) is 0.724. The molecule has 1 aromatic heterocycles. The number of hydrogen-bond acceptors (Lipinski definition) is 2. The summed E-state index contributed by atoms with van der Waals surface area (Å²) in [5.74, 6) is 0.541. The van der Waals surface area contributed by atoms with E-state index in [0.29, 0.717) is 29.9 Å². The molecule has 1 aliphatic rings. The highest BCUT2D eigenvalue weighted by Gasteiger charge is 2.31. The molecule has 1 aliphatic heterocycles. The molecule has 0 spiro atoms. The minimum absolute atomic E-state index is 0.195. The van der Waals surface area contributed by atoms with Crippen molar-refractivity contribution in [2.75, 3.05) is 6.61 Å². The number of benzene rings is 2. The molecule has 0 unspecified atom stereocenters. The van der Waals surface area contributed by atoms with Crippen molar-refractivity contribution in [2.24, 2.45) is 0 Å². The van der Waals surface area contributed by atoms with Crippen molar-refractivity contribution < 1.29 is 17.9 Å². The molecular formula is C18H12F3NO2. The molecule has 2 aromatic carbocycles. The van der Waals surface area contributed by atoms with Crippen LogP contribution in [-0.4, -0.2) is 11.2 Å². The molecular weight excluding hydrogens is 319 g/mol. The fourth-order valence-electron chi connectivity index (χ4n) is 3.08. The highest BCUT2D eigenvalue weighted by molar-refractivity contribution is 5.88. The van der Waals surface area contributed by atoms with Crippen LogP contribution in [0.2, 0.25) is 0 Å². The molecule has 0 N–H and O–H groups in total. The van der Waals surface area contributed by atoms with Crippen LogP contribution in [0.1, 0.15) is 11.1 Å². The third kappa shape index (κ3) is 2.18. The van der Waals surface area contributed by atoms with Gasteiger partial charge in [-0.3, -0.25) is 9.36 Å². The van der Waals surface area contributed by atoms with Crippen LogP contribution in [0.5, 0.6) is 5.75 Å². The Bertz CT molecular complexity index is 1010. The quantitative estimate of drug-likeness (QED) is 0.676. The maximum atomic E-state index is 13.0. The van der Waals surface area contributed by atoms with Gasteiger partial charge in [0, 0.05) is 17.5 Å². The van der Waals surface area contributed by atoms with Crippen molar-refractivity contribution >= 4 is 10.9 Å². The molecule has 0 aliphatic carbocycles. The van der Waals surface area contributed by atoms with Crippen molar-refractivity contribution in [3.05, 3.63) is 70.0 Å². The van der Waals surface area contributed by atoms with Gasteiger partial charge in [-0.25, -0.2) is 0 Å². The van der Waals surface area contributed by atoms with E-state index in [1.165, 1.54) is 16.7 Å². The van der Waals surface area contributed by atoms with Gasteiger partial charge in [-0.05, 0) is 30.3 Å². The highest BCUT2D eigenvalue weighted by Crippen LogP contribution is 2.34. The molecule has 0 bridgehead atoms. The Balaban J connectivity index is 2.07. The average Bonchev–Trinajstić information content (AvgIpc) is 3.05. The first kappa shape index (κ1) is 14.8. The number of hydrogen-bond donors (Lipinski definition) is 0. The number of pyridine rings is 1. The summed E-state index contributed by atoms with van der Waals surface area (Å²) in [7, 11) is 0. The van der Waals surface area contributed by atoms with E-state index in [0.717, 1.165) is 17.5 Å². The van der Waals surface area contributed by atoms with Gasteiger partial charge in [-0.2, -0.15) is 13.2 Å². The lowest BCUT2D eigenvalue weighted by Gasteiger charge is -2.15. The van der Waals surface area contributed by atoms with E-state index in [1.807, 2.05) is 12.1 Å². The first-order chi connectivity index (χ1) is 11.5. The monoisotopic (exact) mass is 331 g/mol. The maximum absolute atomic E-state index is 13.0. The minimum atomic E-state index is -4.46. The molecule has 0 saturated heterocycles. The molecule has 6 heteroatoms. The van der Waals surface area contributed by atoms with Crippen molar-refractivity contribution in [2.45, 2.75) is 12.6 Å². The molecule has 122 valence electrons. The Hall–Kier alpha value is -2.76. The van der Waals surface area contributed by atoms with Gasteiger partial charge in [0.2, 0.25) is 0 Å². The topological polar surface area (TPSA) is 31.2 Å². The van der Waals surface area contributed by atoms with Crippen molar-refractivity contribution in [1.29, 1.82) is 0 Å². The average molecular weight is 331 g/mol. The van der Waals surface area contributed by atoms with Crippen LogP contribution in [0.25, 0.3) is 16.6 Å². The number of fused-ring (bicyclic) bond motifs is 3. The van der Waals surface area contributed by atoms with Crippen LogP contribution in [-0.2, 0) is 12.6 Å². The predicted molar refractivity (Wildman–Crippen MR) is 83.7 cm³/mol. The van der Waals surface area contributed by atoms with Crippen LogP contribution in [0.15, 0.2) is 53.3 Å². The van der Waals surface area contributed by atoms with E-state index in [2.05, 4.69) is 0 Å². The van der Waals surface area contributed by atoms with Gasteiger partial charge in [0.1, 0.15) is 5.75 Å². The lowest BCUT2D eigenvalue weighted by Crippen LogP contribution is -2.22. The number of nitrogens with zero attached hydrogens (tertiary/aromatic N) is 1. The predicted octanol–water partition coefficient (Wildman–Crippen LogP) is 3.94. The van der Waals surface area contributed by atoms with E-state index in [4.69, 9.17) is 4.74 Å². The fourth-order valence-corrected chi connectivity index (χ4v) is 3.08. The van der Waals surface area contributed by atoms with E-state index in [1.54, 1.807) is 12.1 Å². The summed E-state index contributed by atoms with van der Waals surface area (Å²) in [6.07, 6.45) is -4.01. The van der Waals surface area contributed by atoms with Crippen molar-refractivity contribution in [3.63, 3.8) is 0 Å². The Morgan fingerprint density at radius 3 is 2.62 bits per heavy atom. The molecule has 4 rings (SSSR count). The second kappa shape index (κ2) is 5.12. The summed E-state index contributed by atoms with van der Waals surface area (Å²) in [5.41, 5.74) is 0.113. The van der Waals surface area contributed by atoms with Crippen LogP contribution >= 0.6 is 0 Å². The largest absolute Gasteiger partial charge is 0.492 e. The standard InChI is InChI=1S/C18H12F3NO2/c19-18(20,21)11-4-3-5-12(10-11)22-15-7-2-1-6-13(15)16-14(17(22)23)8-9-24-16/h1-7,10H,8-9H2. The summed E-state index contributed by atoms with van der Waals surface area (Å²) in [6, 6.07) is 11.9. The van der Waals surface area contributed by atoms with Crippen molar-refractivity contribution in [3.8, 4) is 11.4 Å². The normalized spacial score (nSPS) is 13.8. The molecule has 2 heterocycles. The Morgan fingerprint density at radius 1 is 1.04 bits per heavy atom. The van der Waals surface area contributed by atoms with Crippen LogP contribution in [0.3, 0.4) is 0 Å². The van der Waals surface area contributed by atoms with Crippen LogP contribution in [0, 0.1) is 0 Å². The molecule has 24 heavy (non-hydrogen) atoms. The number of aromatic nitrogens is 1. The number of para-hydroxylation sites is 1. The first-order valence-corrected chi connectivity index (χ1v) is 7.44. The van der Waals surface area contributed by atoms with Gasteiger partial charge in [-0.1, -0.05) is 18.2 Å². The lowest BCUT2D eigenvalue weighted by molar-refractivity contribution is -0.137. The zero-order chi connectivity index (χ0) is 16.9. The third-order valence-electron chi connectivity index (χ3n) is 4.16. The molecule has 0 atom stereocenters. The SMILES string of the molecule is O=c1c2c(c3ccccc3n1-c1cccc(C(F)(F)F)c1)OCC2. The zero-order valence-corrected chi connectivity index (χ0v) is 12.4. The Kier molecular flexibility index (Phi) is 3.16. The smallest absolute Gasteiger partial charge is 0.416 e. The molecule has 0 radical (unpaired) electrons. The maximum Gasteiger partial charge on any atom is 0.416 e. The van der Waals surface area contributed by atoms with E-state index in [-0.39, 0.29) is 11.2 Å². The van der Waals surface area contributed by atoms with Gasteiger partial charge in [0.15, 0.2) is 0 Å². The van der Waals surface area contributed by atoms with Gasteiger partial charge < -0.3 is 4.74 Å². The summed E-state index contributed by atoms with van der Waals surface area (Å²) < 4.78 is 45.9. The molecule has 3 nitrogen and oxygen atoms in total. The van der Waals surface area contributed by atoms with Crippen LogP contribution in [0.4, 0.5) is 13.2 Å². The molecule has 3 aromatic rings. The summed E-state index contributed by atoms with van der Waals surface area (Å²) in [4.78, 5) is 12.8. The number of rotatable bonds is 1. The van der Waals surface area contributed by atoms with E-state index < -0.39 is 11.7 Å². The van der Waals surface area contributed by atoms with Gasteiger partial charge in [0.25, 0.3) is 5.56 Å². The Morgan fingerprint density at radius 2 is 1.83 bits per heavy atom. The number of alkyl halides is 3. The summed E-state index contributed by atoms with van der Waals surface area (Å²) in [6.45, 7) is 0.404. The third-order valence-corrected chi connectivity index (χ3v) is 4.16. The highest BCUT2D eigenvalue weighted by atomic mass is 19.4. The Labute approximate surface area is 134 Å². The summed E-state index contributed by atoms with van der Waals surface area (Å²) >= 11 is 0. The number of halogens is 3. The van der Waals surface area contributed by atoms with E-state index in [9.17, 15) is 18.0 Å². The van der Waals surface area contributed by atoms with E-state index >= 15 is 0 Å². The van der Waals surface area contributed by atoms with Gasteiger partial charge in [0.05, 0.1) is 23.3 Å². The minimum Gasteiger partial charge on any atom is -0.492 e. The zero-order valence-electron chi connectivity index (χ0n) is 12.4. The first-order valence-electron chi connectivity index (χ1n) is 7.44. The lowest BCUT2D eigenvalue weighted by atomic mass is 10.1. The molecule has 0 saturated carbocycles. The van der Waals surface area contributed by atoms with Crippen molar-refractivity contribution in [1.82, 2.24) is 4.57 Å². The number of ether oxygens (including phenoxy) is 1.